The number of hydrogen-bond donors (Lipinski definition) is 2. The molecule has 10 nitrogen and oxygen atoms in total. The number of alkyl halides is 3. The van der Waals surface area contributed by atoms with Gasteiger partial charge in [-0.25, -0.2) is 14.8 Å². The lowest BCUT2D eigenvalue weighted by Crippen LogP contribution is -2.18. The van der Waals surface area contributed by atoms with E-state index in [1.807, 2.05) is 0 Å². The molecular weight excluding hydrogens is 443 g/mol. The molecule has 0 aliphatic carbocycles. The van der Waals surface area contributed by atoms with E-state index < -0.39 is 17.9 Å². The first-order valence-electron chi connectivity index (χ1n) is 9.40. The number of carbonyl (C=O) groups is 1. The number of ether oxygens (including phenoxy) is 1. The van der Waals surface area contributed by atoms with E-state index in [9.17, 15) is 23.2 Å². The van der Waals surface area contributed by atoms with Crippen LogP contribution in [0.1, 0.15) is 11.4 Å². The van der Waals surface area contributed by atoms with Crippen molar-refractivity contribution >= 4 is 29.0 Å². The molecule has 0 saturated heterocycles. The summed E-state index contributed by atoms with van der Waals surface area (Å²) in [7, 11) is 2.58. The van der Waals surface area contributed by atoms with E-state index in [1.54, 1.807) is 24.3 Å². The Morgan fingerprint density at radius 3 is 2.70 bits per heavy atom. The summed E-state index contributed by atoms with van der Waals surface area (Å²) in [5, 5.41) is 16.0. The average Bonchev–Trinajstić information content (AvgIpc) is 3.30. The fourth-order valence-corrected chi connectivity index (χ4v) is 3.12. The number of benzene rings is 1. The van der Waals surface area contributed by atoms with E-state index in [4.69, 9.17) is 4.74 Å². The zero-order valence-electron chi connectivity index (χ0n) is 17.3. The van der Waals surface area contributed by atoms with Gasteiger partial charge >= 0.3 is 12.2 Å². The maximum Gasteiger partial charge on any atom is 0.433 e. The summed E-state index contributed by atoms with van der Waals surface area (Å²) in [5.41, 5.74) is -0.0457. The van der Waals surface area contributed by atoms with Crippen LogP contribution in [0, 0.1) is 0 Å². The van der Waals surface area contributed by atoms with Gasteiger partial charge in [-0.15, -0.1) is 0 Å². The molecule has 1 aromatic carbocycles. The van der Waals surface area contributed by atoms with Crippen molar-refractivity contribution in [3.63, 3.8) is 0 Å². The van der Waals surface area contributed by atoms with Crippen LogP contribution >= 0.6 is 0 Å². The van der Waals surface area contributed by atoms with Gasteiger partial charge in [-0.05, 0) is 29.0 Å². The number of hydrogen-bond acceptors (Lipinski definition) is 6. The van der Waals surface area contributed by atoms with Crippen LogP contribution in [0.3, 0.4) is 0 Å². The van der Waals surface area contributed by atoms with Crippen LogP contribution in [0.2, 0.25) is 0 Å². The van der Waals surface area contributed by atoms with Gasteiger partial charge in [-0.3, -0.25) is 19.8 Å². The predicted octanol–water partition coefficient (Wildman–Crippen LogP) is 3.51. The van der Waals surface area contributed by atoms with E-state index in [0.717, 1.165) is 17.9 Å². The Balaban J connectivity index is 1.54. The summed E-state index contributed by atoms with van der Waals surface area (Å²) in [4.78, 5) is 20.6. The van der Waals surface area contributed by atoms with Gasteiger partial charge in [-0.1, -0.05) is 0 Å². The second-order valence-electron chi connectivity index (χ2n) is 6.96. The van der Waals surface area contributed by atoms with Gasteiger partial charge < -0.3 is 4.74 Å². The molecule has 0 aliphatic rings. The van der Waals surface area contributed by atoms with Crippen molar-refractivity contribution in [1.82, 2.24) is 24.3 Å². The third kappa shape index (κ3) is 4.76. The van der Waals surface area contributed by atoms with Crippen LogP contribution in [0.5, 0.6) is 11.6 Å². The van der Waals surface area contributed by atoms with Gasteiger partial charge in [-0.2, -0.15) is 18.3 Å². The van der Waals surface area contributed by atoms with Crippen molar-refractivity contribution in [2.24, 2.45) is 7.05 Å². The van der Waals surface area contributed by atoms with E-state index in [0.29, 0.717) is 27.0 Å². The Morgan fingerprint density at radius 1 is 1.21 bits per heavy atom. The summed E-state index contributed by atoms with van der Waals surface area (Å²) in [6.45, 7) is 0. The van der Waals surface area contributed by atoms with Crippen molar-refractivity contribution in [2.75, 3.05) is 12.4 Å². The molecule has 0 aliphatic heterocycles. The van der Waals surface area contributed by atoms with Gasteiger partial charge in [0.05, 0.1) is 5.52 Å². The average molecular weight is 460 g/mol. The largest absolute Gasteiger partial charge is 0.439 e. The summed E-state index contributed by atoms with van der Waals surface area (Å²) < 4.78 is 47.3. The van der Waals surface area contributed by atoms with Gasteiger partial charge in [0.15, 0.2) is 12.9 Å². The minimum Gasteiger partial charge on any atom is -0.439 e. The molecule has 0 atom stereocenters. The normalized spacial score (nSPS) is 12.2. The molecule has 1 amide bonds. The lowest BCUT2D eigenvalue weighted by atomic mass is 10.2. The van der Waals surface area contributed by atoms with E-state index in [-0.39, 0.29) is 11.7 Å². The van der Waals surface area contributed by atoms with Gasteiger partial charge in [0.1, 0.15) is 23.5 Å². The number of hydroxylamine groups is 1. The number of nitrogens with zero attached hydrogens (tertiary/aromatic N) is 6. The number of anilines is 1. The Morgan fingerprint density at radius 2 is 2.00 bits per heavy atom. The molecule has 0 spiro atoms. The zero-order chi connectivity index (χ0) is 23.8. The monoisotopic (exact) mass is 460 g/mol. The van der Waals surface area contributed by atoms with Crippen molar-refractivity contribution in [1.29, 1.82) is 0 Å². The quantitative estimate of drug-likeness (QED) is 0.209. The molecule has 4 aromatic rings. The van der Waals surface area contributed by atoms with Crippen molar-refractivity contribution in [3.8, 4) is 11.6 Å². The second-order valence-corrected chi connectivity index (χ2v) is 6.96. The molecule has 13 heteroatoms. The summed E-state index contributed by atoms with van der Waals surface area (Å²) in [5.74, 6) is 0.453. The van der Waals surface area contributed by atoms with Crippen LogP contribution in [-0.2, 0) is 13.2 Å². The Hall–Kier alpha value is -4.42. The highest BCUT2D eigenvalue weighted by atomic mass is 19.4. The van der Waals surface area contributed by atoms with E-state index in [2.05, 4.69) is 20.4 Å². The molecule has 0 unspecified atom stereocenters. The molecule has 4 rings (SSSR count). The minimum atomic E-state index is -4.59. The number of aryl methyl sites for hydroxylation is 1. The van der Waals surface area contributed by atoms with E-state index in [1.165, 1.54) is 36.4 Å². The third-order valence-corrected chi connectivity index (χ3v) is 4.49. The molecule has 2 N–H and O–H groups in total. The lowest BCUT2D eigenvalue weighted by Gasteiger charge is -2.07. The molecule has 0 bridgehead atoms. The smallest absolute Gasteiger partial charge is 0.433 e. The van der Waals surface area contributed by atoms with Crippen molar-refractivity contribution < 1.29 is 32.6 Å². The fourth-order valence-electron chi connectivity index (χ4n) is 3.12. The highest BCUT2D eigenvalue weighted by Crippen LogP contribution is 2.30. The standard InChI is InChI=1S/C20H16F3N7O3/c1-28(32)10-13-8-18(25-11-24-13)33-14-3-4-15-12(7-14)5-6-30(15)19(31)26-17-9-16(20(21,22)23)29(2)27-17/h3-11H,1-2H3,(H-,24,25,26,27,31,32)/p+1. The predicted molar refractivity (Wildman–Crippen MR) is 110 cm³/mol. The molecule has 33 heavy (non-hydrogen) atoms. The molecule has 0 fully saturated rings. The van der Waals surface area contributed by atoms with Crippen LogP contribution in [0.4, 0.5) is 23.8 Å². The first kappa shape index (κ1) is 21.8. The van der Waals surface area contributed by atoms with Crippen molar-refractivity contribution in [3.05, 3.63) is 60.3 Å². The van der Waals surface area contributed by atoms with E-state index >= 15 is 0 Å². The topological polar surface area (TPSA) is 110 Å². The number of halogens is 3. The summed E-state index contributed by atoms with van der Waals surface area (Å²) in [6, 6.07) is 8.18. The molecular formula is C20H17F3N7O3+. The molecule has 0 radical (unpaired) electrons. The molecule has 0 saturated carbocycles. The van der Waals surface area contributed by atoms with Gasteiger partial charge in [0.25, 0.3) is 0 Å². The summed E-state index contributed by atoms with van der Waals surface area (Å²) >= 11 is 0. The Kier molecular flexibility index (Phi) is 5.45. The third-order valence-electron chi connectivity index (χ3n) is 4.49. The number of aromatic nitrogens is 5. The van der Waals surface area contributed by atoms with Crippen LogP contribution in [-0.4, -0.2) is 53.6 Å². The van der Waals surface area contributed by atoms with Crippen molar-refractivity contribution in [2.45, 2.75) is 6.18 Å². The fraction of sp³-hybridized carbons (Fsp3) is 0.150. The first-order valence-corrected chi connectivity index (χ1v) is 9.40. The zero-order valence-corrected chi connectivity index (χ0v) is 17.3. The molecule has 3 heterocycles. The summed E-state index contributed by atoms with van der Waals surface area (Å²) in [6.07, 6.45) is -0.453. The first-order chi connectivity index (χ1) is 15.6. The molecule has 170 valence electrons. The van der Waals surface area contributed by atoms with Crippen LogP contribution < -0.4 is 10.1 Å². The number of nitrogens with one attached hydrogen (secondary N) is 1. The Bertz CT molecular complexity index is 1370. The number of carbonyl (C=O) groups excluding carboxylic acids is 1. The number of fused-ring (bicyclic) bond motifs is 1. The van der Waals surface area contributed by atoms with Crippen LogP contribution in [0.25, 0.3) is 10.9 Å². The minimum absolute atomic E-state index is 0.221. The van der Waals surface area contributed by atoms with Gasteiger partial charge in [0, 0.05) is 30.8 Å². The van der Waals surface area contributed by atoms with Gasteiger partial charge in [0.2, 0.25) is 12.1 Å². The maximum atomic E-state index is 12.9. The Labute approximate surface area is 184 Å². The van der Waals surface area contributed by atoms with Crippen LogP contribution in [0.15, 0.2) is 48.9 Å². The SMILES string of the molecule is Cn1nc(NC(=O)n2ccc3cc(Oc4cc(/C=[N+](/C)O)ncn4)ccc32)cc1C(F)(F)F. The molecule has 3 aromatic heterocycles. The second kappa shape index (κ2) is 8.26. The lowest BCUT2D eigenvalue weighted by molar-refractivity contribution is -0.751. The number of rotatable bonds is 4. The maximum absolute atomic E-state index is 12.9. The number of amides is 1. The highest BCUT2D eigenvalue weighted by Gasteiger charge is 2.35. The highest BCUT2D eigenvalue weighted by molar-refractivity contribution is 5.98.